The van der Waals surface area contributed by atoms with Crippen LogP contribution in [-0.2, 0) is 26.2 Å². The highest BCUT2D eigenvalue weighted by atomic mass is 32.2. The first-order valence-corrected chi connectivity index (χ1v) is 13.7. The SMILES string of the molecule is CC[C@H](C)NC(=O)[C@@H](C)N(Cc1cccc(OC)c1)C(=O)CCCN(c1ccccc1)S(C)(=O)=O. The van der Waals surface area contributed by atoms with Gasteiger partial charge in [0.15, 0.2) is 0 Å². The molecule has 9 heteroatoms. The predicted octanol–water partition coefficient (Wildman–Crippen LogP) is 3.57. The fourth-order valence-corrected chi connectivity index (χ4v) is 4.58. The number of hydrogen-bond acceptors (Lipinski definition) is 5. The third-order valence-corrected chi connectivity index (χ3v) is 7.05. The number of anilines is 1. The molecule has 0 spiro atoms. The second kappa shape index (κ2) is 13.1. The van der Waals surface area contributed by atoms with E-state index in [0.717, 1.165) is 18.2 Å². The molecule has 0 heterocycles. The van der Waals surface area contributed by atoms with Crippen molar-refractivity contribution in [3.05, 3.63) is 60.2 Å². The fourth-order valence-electron chi connectivity index (χ4n) is 3.61. The third kappa shape index (κ3) is 8.58. The first-order chi connectivity index (χ1) is 16.6. The highest BCUT2D eigenvalue weighted by molar-refractivity contribution is 7.92. The Balaban J connectivity index is 2.17. The number of sulfonamides is 1. The van der Waals surface area contributed by atoms with Crippen LogP contribution >= 0.6 is 0 Å². The molecular formula is C26H37N3O5S. The number of carbonyl (C=O) groups excluding carboxylic acids is 2. The average Bonchev–Trinajstić information content (AvgIpc) is 2.84. The molecule has 2 amide bonds. The maximum absolute atomic E-state index is 13.3. The van der Waals surface area contributed by atoms with Gasteiger partial charge < -0.3 is 15.0 Å². The Morgan fingerprint density at radius 1 is 1.06 bits per heavy atom. The molecule has 0 saturated heterocycles. The van der Waals surface area contributed by atoms with Crippen LogP contribution in [-0.4, -0.2) is 57.1 Å². The summed E-state index contributed by atoms with van der Waals surface area (Å²) in [4.78, 5) is 27.7. The lowest BCUT2D eigenvalue weighted by Crippen LogP contribution is -2.49. The number of methoxy groups -OCH3 is 1. The molecule has 0 aliphatic rings. The summed E-state index contributed by atoms with van der Waals surface area (Å²) in [6.45, 7) is 6.01. The summed E-state index contributed by atoms with van der Waals surface area (Å²) in [5.74, 6) is 0.219. The number of hydrogen-bond donors (Lipinski definition) is 1. The second-order valence-corrected chi connectivity index (χ2v) is 10.5. The van der Waals surface area contributed by atoms with E-state index < -0.39 is 16.1 Å². The van der Waals surface area contributed by atoms with Gasteiger partial charge in [0.2, 0.25) is 21.8 Å². The number of amides is 2. The Hall–Kier alpha value is -3.07. The highest BCUT2D eigenvalue weighted by Gasteiger charge is 2.27. The van der Waals surface area contributed by atoms with Crippen LogP contribution in [0.15, 0.2) is 54.6 Å². The molecule has 0 fully saturated rings. The van der Waals surface area contributed by atoms with Crippen molar-refractivity contribution in [3.63, 3.8) is 0 Å². The van der Waals surface area contributed by atoms with Crippen LogP contribution in [0.25, 0.3) is 0 Å². The van der Waals surface area contributed by atoms with Gasteiger partial charge in [0.25, 0.3) is 0 Å². The molecule has 2 atom stereocenters. The minimum atomic E-state index is -3.51. The van der Waals surface area contributed by atoms with Gasteiger partial charge in [-0.3, -0.25) is 13.9 Å². The van der Waals surface area contributed by atoms with Crippen LogP contribution in [0.1, 0.15) is 45.6 Å². The van der Waals surface area contributed by atoms with Crippen LogP contribution in [0.4, 0.5) is 5.69 Å². The number of ether oxygens (including phenoxy) is 1. The van der Waals surface area contributed by atoms with E-state index in [9.17, 15) is 18.0 Å². The van der Waals surface area contributed by atoms with E-state index >= 15 is 0 Å². The van der Waals surface area contributed by atoms with E-state index in [1.165, 1.54) is 4.31 Å². The van der Waals surface area contributed by atoms with Crippen molar-refractivity contribution in [2.45, 2.75) is 58.7 Å². The van der Waals surface area contributed by atoms with E-state index in [2.05, 4.69) is 5.32 Å². The van der Waals surface area contributed by atoms with Crippen molar-refractivity contribution in [3.8, 4) is 5.75 Å². The quantitative estimate of drug-likeness (QED) is 0.451. The lowest BCUT2D eigenvalue weighted by Gasteiger charge is -2.30. The molecule has 0 bridgehead atoms. The summed E-state index contributed by atoms with van der Waals surface area (Å²) >= 11 is 0. The van der Waals surface area contributed by atoms with Crippen LogP contribution in [0.3, 0.4) is 0 Å². The van der Waals surface area contributed by atoms with Crippen molar-refractivity contribution in [2.24, 2.45) is 0 Å². The number of para-hydroxylation sites is 1. The lowest BCUT2D eigenvalue weighted by atomic mass is 10.1. The number of benzene rings is 2. The molecule has 0 aromatic heterocycles. The summed E-state index contributed by atoms with van der Waals surface area (Å²) < 4.78 is 31.3. The van der Waals surface area contributed by atoms with Gasteiger partial charge in [-0.25, -0.2) is 8.42 Å². The summed E-state index contributed by atoms with van der Waals surface area (Å²) in [5.41, 5.74) is 1.39. The fraction of sp³-hybridized carbons (Fsp3) is 0.462. The Labute approximate surface area is 209 Å². The first-order valence-electron chi connectivity index (χ1n) is 11.8. The molecule has 0 aliphatic heterocycles. The Bertz CT molecular complexity index is 1080. The molecule has 1 N–H and O–H groups in total. The van der Waals surface area contributed by atoms with E-state index in [-0.39, 0.29) is 37.4 Å². The lowest BCUT2D eigenvalue weighted by molar-refractivity contribution is -0.140. The van der Waals surface area contributed by atoms with Gasteiger partial charge in [-0.2, -0.15) is 0 Å². The van der Waals surface area contributed by atoms with Gasteiger partial charge in [-0.1, -0.05) is 37.3 Å². The van der Waals surface area contributed by atoms with Crippen molar-refractivity contribution in [1.82, 2.24) is 10.2 Å². The zero-order valence-corrected chi connectivity index (χ0v) is 22.0. The predicted molar refractivity (Wildman–Crippen MR) is 139 cm³/mol. The molecule has 0 unspecified atom stereocenters. The minimum absolute atomic E-state index is 0.00656. The maximum atomic E-state index is 13.3. The Kier molecular flexibility index (Phi) is 10.6. The zero-order chi connectivity index (χ0) is 26.0. The molecule has 0 saturated carbocycles. The normalized spacial score (nSPS) is 12.9. The first kappa shape index (κ1) is 28.2. The number of nitrogens with zero attached hydrogens (tertiary/aromatic N) is 2. The molecule has 0 aliphatic carbocycles. The summed E-state index contributed by atoms with van der Waals surface area (Å²) in [6, 6.07) is 15.5. The van der Waals surface area contributed by atoms with E-state index in [1.54, 1.807) is 43.2 Å². The largest absolute Gasteiger partial charge is 0.497 e. The molecule has 2 aromatic rings. The molecular weight excluding hydrogens is 466 g/mol. The number of rotatable bonds is 13. The van der Waals surface area contributed by atoms with Gasteiger partial charge in [0, 0.05) is 25.6 Å². The van der Waals surface area contributed by atoms with Crippen LogP contribution in [0, 0.1) is 0 Å². The Morgan fingerprint density at radius 3 is 2.34 bits per heavy atom. The van der Waals surface area contributed by atoms with Gasteiger partial charge in [-0.15, -0.1) is 0 Å². The monoisotopic (exact) mass is 503 g/mol. The molecule has 192 valence electrons. The topological polar surface area (TPSA) is 96.0 Å². The molecule has 35 heavy (non-hydrogen) atoms. The molecule has 2 aromatic carbocycles. The van der Waals surface area contributed by atoms with Crippen LogP contribution in [0.2, 0.25) is 0 Å². The Morgan fingerprint density at radius 2 is 1.74 bits per heavy atom. The molecule has 8 nitrogen and oxygen atoms in total. The van der Waals surface area contributed by atoms with Crippen LogP contribution in [0.5, 0.6) is 5.75 Å². The molecule has 2 rings (SSSR count). The van der Waals surface area contributed by atoms with Crippen LogP contribution < -0.4 is 14.4 Å². The maximum Gasteiger partial charge on any atom is 0.242 e. The van der Waals surface area contributed by atoms with E-state index in [4.69, 9.17) is 4.74 Å². The van der Waals surface area contributed by atoms with Crippen molar-refractivity contribution in [1.29, 1.82) is 0 Å². The highest BCUT2D eigenvalue weighted by Crippen LogP contribution is 2.20. The van der Waals surface area contributed by atoms with Gasteiger partial charge in [-0.05, 0) is 56.5 Å². The van der Waals surface area contributed by atoms with E-state index in [1.807, 2.05) is 44.2 Å². The zero-order valence-electron chi connectivity index (χ0n) is 21.2. The number of carbonyl (C=O) groups is 2. The second-order valence-electron chi connectivity index (χ2n) is 8.64. The number of nitrogens with one attached hydrogen (secondary N) is 1. The summed E-state index contributed by atoms with van der Waals surface area (Å²) in [5, 5.41) is 2.94. The molecule has 0 radical (unpaired) electrons. The smallest absolute Gasteiger partial charge is 0.242 e. The third-order valence-electron chi connectivity index (χ3n) is 5.85. The minimum Gasteiger partial charge on any atom is -0.497 e. The summed E-state index contributed by atoms with van der Waals surface area (Å²) in [6.07, 6.45) is 2.35. The van der Waals surface area contributed by atoms with E-state index in [0.29, 0.717) is 17.9 Å². The van der Waals surface area contributed by atoms with Gasteiger partial charge in [0.05, 0.1) is 19.1 Å². The van der Waals surface area contributed by atoms with Crippen molar-refractivity contribution in [2.75, 3.05) is 24.2 Å². The standard InChI is InChI=1S/C26H37N3O5S/c1-6-20(2)27-26(31)21(3)28(19-22-12-10-15-24(18-22)34-4)25(30)16-11-17-29(35(5,32)33)23-13-8-7-9-14-23/h7-10,12-15,18,20-21H,6,11,16-17,19H2,1-5H3,(H,27,31)/t20-,21+/m0/s1. The van der Waals surface area contributed by atoms with Gasteiger partial charge in [0.1, 0.15) is 11.8 Å². The van der Waals surface area contributed by atoms with Crippen molar-refractivity contribution >= 4 is 27.5 Å². The van der Waals surface area contributed by atoms with Crippen molar-refractivity contribution < 1.29 is 22.7 Å². The average molecular weight is 504 g/mol. The summed E-state index contributed by atoms with van der Waals surface area (Å²) in [7, 11) is -1.93. The van der Waals surface area contributed by atoms with Gasteiger partial charge >= 0.3 is 0 Å².